The van der Waals surface area contributed by atoms with Crippen molar-refractivity contribution in [2.45, 2.75) is 25.8 Å². The summed E-state index contributed by atoms with van der Waals surface area (Å²) in [4.78, 5) is 27.8. The number of imide groups is 1. The van der Waals surface area contributed by atoms with E-state index in [1.807, 2.05) is 49.4 Å². The molecule has 0 fully saturated rings. The monoisotopic (exact) mass is 327 g/mol. The lowest BCUT2D eigenvalue weighted by Gasteiger charge is -2.32. The Hall–Kier alpha value is -2.94. The van der Waals surface area contributed by atoms with E-state index in [1.165, 1.54) is 16.0 Å². The third-order valence-corrected chi connectivity index (χ3v) is 5.56. The molecule has 3 nitrogen and oxygen atoms in total. The second-order valence-corrected chi connectivity index (χ2v) is 6.86. The molecule has 2 aliphatic rings. The highest BCUT2D eigenvalue weighted by Crippen LogP contribution is 2.40. The summed E-state index contributed by atoms with van der Waals surface area (Å²) in [6.07, 6.45) is 1.98. The van der Waals surface area contributed by atoms with Gasteiger partial charge >= 0.3 is 0 Å². The molecule has 1 atom stereocenters. The number of benzene rings is 3. The van der Waals surface area contributed by atoms with Crippen LogP contribution in [-0.2, 0) is 12.8 Å². The number of hydrogen-bond donors (Lipinski definition) is 0. The van der Waals surface area contributed by atoms with E-state index >= 15 is 0 Å². The summed E-state index contributed by atoms with van der Waals surface area (Å²) < 4.78 is 0. The van der Waals surface area contributed by atoms with Gasteiger partial charge in [-0.05, 0) is 54.0 Å². The van der Waals surface area contributed by atoms with Crippen LogP contribution in [0.3, 0.4) is 0 Å². The molecule has 25 heavy (non-hydrogen) atoms. The SMILES string of the molecule is CC(c1ccccc1)N1C(=O)c2ccc3c4c(ccc(c24)C1=O)CC3. The molecule has 0 bridgehead atoms. The third kappa shape index (κ3) is 1.86. The van der Waals surface area contributed by atoms with E-state index in [0.29, 0.717) is 11.1 Å². The number of rotatable bonds is 2. The molecule has 2 amide bonds. The molecule has 3 aromatic rings. The average molecular weight is 327 g/mol. The first-order chi connectivity index (χ1) is 12.2. The molecule has 0 N–H and O–H groups in total. The average Bonchev–Trinajstić information content (AvgIpc) is 3.07. The first kappa shape index (κ1) is 14.4. The van der Waals surface area contributed by atoms with Crippen molar-refractivity contribution in [2.75, 3.05) is 0 Å². The van der Waals surface area contributed by atoms with Gasteiger partial charge in [0, 0.05) is 16.5 Å². The molecule has 1 unspecified atom stereocenters. The number of nitrogens with zero attached hydrogens (tertiary/aromatic N) is 1. The van der Waals surface area contributed by atoms with Crippen molar-refractivity contribution >= 4 is 22.6 Å². The second-order valence-electron chi connectivity index (χ2n) is 6.86. The third-order valence-electron chi connectivity index (χ3n) is 5.56. The van der Waals surface area contributed by atoms with E-state index in [-0.39, 0.29) is 17.9 Å². The zero-order chi connectivity index (χ0) is 17.1. The van der Waals surface area contributed by atoms with Crippen LogP contribution in [0.15, 0.2) is 54.6 Å². The van der Waals surface area contributed by atoms with Crippen LogP contribution in [0.1, 0.15) is 50.4 Å². The van der Waals surface area contributed by atoms with Crippen LogP contribution in [0.4, 0.5) is 0 Å². The van der Waals surface area contributed by atoms with E-state index in [4.69, 9.17) is 0 Å². The van der Waals surface area contributed by atoms with Crippen molar-refractivity contribution in [3.8, 4) is 0 Å². The van der Waals surface area contributed by atoms with Crippen molar-refractivity contribution in [3.05, 3.63) is 82.4 Å². The minimum Gasteiger partial charge on any atom is -0.269 e. The molecule has 0 saturated carbocycles. The predicted molar refractivity (Wildman–Crippen MR) is 96.7 cm³/mol. The summed E-state index contributed by atoms with van der Waals surface area (Å²) in [7, 11) is 0. The molecule has 1 heterocycles. The van der Waals surface area contributed by atoms with Gasteiger partial charge in [-0.1, -0.05) is 42.5 Å². The van der Waals surface area contributed by atoms with Crippen LogP contribution in [0.25, 0.3) is 10.8 Å². The van der Waals surface area contributed by atoms with Crippen molar-refractivity contribution in [2.24, 2.45) is 0 Å². The number of aryl methyl sites for hydroxylation is 2. The van der Waals surface area contributed by atoms with Crippen LogP contribution in [0.2, 0.25) is 0 Å². The molecule has 0 radical (unpaired) electrons. The Morgan fingerprint density at radius 3 is 1.88 bits per heavy atom. The van der Waals surface area contributed by atoms with Gasteiger partial charge in [-0.25, -0.2) is 0 Å². The topological polar surface area (TPSA) is 37.4 Å². The molecule has 3 aromatic carbocycles. The van der Waals surface area contributed by atoms with E-state index in [1.54, 1.807) is 0 Å². The van der Waals surface area contributed by atoms with Gasteiger partial charge in [-0.3, -0.25) is 14.5 Å². The van der Waals surface area contributed by atoms with Crippen LogP contribution in [-0.4, -0.2) is 16.7 Å². The molecule has 0 saturated heterocycles. The fourth-order valence-corrected chi connectivity index (χ4v) is 4.27. The Morgan fingerprint density at radius 1 is 0.760 bits per heavy atom. The molecule has 1 aliphatic heterocycles. The highest BCUT2D eigenvalue weighted by atomic mass is 16.2. The van der Waals surface area contributed by atoms with Gasteiger partial charge < -0.3 is 0 Å². The maximum Gasteiger partial charge on any atom is 0.261 e. The maximum absolute atomic E-state index is 13.2. The molecule has 0 spiro atoms. The molecule has 3 heteroatoms. The Bertz CT molecular complexity index is 994. The largest absolute Gasteiger partial charge is 0.269 e. The quantitative estimate of drug-likeness (QED) is 0.658. The highest BCUT2D eigenvalue weighted by molar-refractivity contribution is 6.26. The van der Waals surface area contributed by atoms with E-state index < -0.39 is 0 Å². The smallest absolute Gasteiger partial charge is 0.261 e. The van der Waals surface area contributed by atoms with Crippen molar-refractivity contribution in [1.82, 2.24) is 4.90 Å². The minimum atomic E-state index is -0.297. The second kappa shape index (κ2) is 5.03. The lowest BCUT2D eigenvalue weighted by atomic mass is 9.90. The minimum absolute atomic E-state index is 0.190. The fourth-order valence-electron chi connectivity index (χ4n) is 4.27. The Labute approximate surface area is 145 Å². The van der Waals surface area contributed by atoms with E-state index in [2.05, 4.69) is 12.1 Å². The van der Waals surface area contributed by atoms with Crippen LogP contribution >= 0.6 is 0 Å². The summed E-state index contributed by atoms with van der Waals surface area (Å²) in [6.45, 7) is 1.91. The standard InChI is InChI=1S/C22H17NO2/c1-13(14-5-3-2-4-6-14)23-21(24)17-11-9-15-7-8-16-10-12-18(22(23)25)20(17)19(15)16/h2-6,9-13H,7-8H2,1H3. The number of amides is 2. The Kier molecular flexibility index (Phi) is 2.90. The van der Waals surface area contributed by atoms with Crippen LogP contribution in [0.5, 0.6) is 0 Å². The molecule has 0 aromatic heterocycles. The number of carbonyl (C=O) groups excluding carboxylic acids is 2. The fraction of sp³-hybridized carbons (Fsp3) is 0.182. The summed E-state index contributed by atoms with van der Waals surface area (Å²) in [5.74, 6) is -0.381. The summed E-state index contributed by atoms with van der Waals surface area (Å²) in [6, 6.07) is 17.3. The van der Waals surface area contributed by atoms with Crippen molar-refractivity contribution in [3.63, 3.8) is 0 Å². The van der Waals surface area contributed by atoms with Crippen molar-refractivity contribution in [1.29, 1.82) is 0 Å². The summed E-state index contributed by atoms with van der Waals surface area (Å²) >= 11 is 0. The Morgan fingerprint density at radius 2 is 1.32 bits per heavy atom. The van der Waals surface area contributed by atoms with Gasteiger partial charge in [0.25, 0.3) is 11.8 Å². The number of carbonyl (C=O) groups is 2. The zero-order valence-electron chi connectivity index (χ0n) is 14.0. The normalized spacial score (nSPS) is 16.6. The van der Waals surface area contributed by atoms with E-state index in [0.717, 1.165) is 29.2 Å². The highest BCUT2D eigenvalue weighted by Gasteiger charge is 2.37. The Balaban J connectivity index is 1.72. The van der Waals surface area contributed by atoms with Gasteiger partial charge in [-0.15, -0.1) is 0 Å². The molecular weight excluding hydrogens is 310 g/mol. The van der Waals surface area contributed by atoms with Gasteiger partial charge in [0.2, 0.25) is 0 Å². The molecule has 122 valence electrons. The number of hydrogen-bond acceptors (Lipinski definition) is 2. The van der Waals surface area contributed by atoms with Crippen LogP contribution in [0, 0.1) is 0 Å². The summed E-state index contributed by atoms with van der Waals surface area (Å²) in [5.41, 5.74) is 4.77. The predicted octanol–water partition coefficient (Wildman–Crippen LogP) is 4.30. The lowest BCUT2D eigenvalue weighted by Crippen LogP contribution is -2.42. The van der Waals surface area contributed by atoms with Gasteiger partial charge in [-0.2, -0.15) is 0 Å². The molecule has 5 rings (SSSR count). The molecule has 1 aliphatic carbocycles. The lowest BCUT2D eigenvalue weighted by molar-refractivity contribution is 0.0550. The maximum atomic E-state index is 13.2. The van der Waals surface area contributed by atoms with Gasteiger partial charge in [0.15, 0.2) is 0 Å². The van der Waals surface area contributed by atoms with E-state index in [9.17, 15) is 9.59 Å². The first-order valence-corrected chi connectivity index (χ1v) is 8.67. The van der Waals surface area contributed by atoms with Crippen LogP contribution < -0.4 is 0 Å². The van der Waals surface area contributed by atoms with Gasteiger partial charge in [0.1, 0.15) is 0 Å². The van der Waals surface area contributed by atoms with Gasteiger partial charge in [0.05, 0.1) is 6.04 Å². The molecular formula is C22H17NO2. The first-order valence-electron chi connectivity index (χ1n) is 8.67. The summed E-state index contributed by atoms with van der Waals surface area (Å²) in [5, 5.41) is 1.99. The van der Waals surface area contributed by atoms with Crippen molar-refractivity contribution < 1.29 is 9.59 Å². The zero-order valence-corrected chi connectivity index (χ0v) is 14.0.